The van der Waals surface area contributed by atoms with Gasteiger partial charge in [-0.2, -0.15) is 0 Å². The van der Waals surface area contributed by atoms with Crippen LogP contribution in [0.15, 0.2) is 34.7 Å². The molecule has 0 aliphatic carbocycles. The summed E-state index contributed by atoms with van der Waals surface area (Å²) in [5, 5.41) is 14.9. The van der Waals surface area contributed by atoms with Crippen LogP contribution >= 0.6 is 23.1 Å². The molecule has 0 saturated carbocycles. The Kier molecular flexibility index (Phi) is 6.01. The minimum absolute atomic E-state index is 0.00319. The molecule has 0 spiro atoms. The number of thioether (sulfide) groups is 1. The second kappa shape index (κ2) is 7.99. The number of anilines is 1. The predicted molar refractivity (Wildman–Crippen MR) is 87.8 cm³/mol. The van der Waals surface area contributed by atoms with Gasteiger partial charge in [0.1, 0.15) is 0 Å². The maximum atomic E-state index is 11.9. The third-order valence-electron chi connectivity index (χ3n) is 2.74. The van der Waals surface area contributed by atoms with Crippen LogP contribution in [0.4, 0.5) is 5.13 Å². The van der Waals surface area contributed by atoms with E-state index in [1.54, 1.807) is 0 Å². The normalized spacial score (nSPS) is 11.9. The second-order valence-electron chi connectivity index (χ2n) is 4.39. The van der Waals surface area contributed by atoms with Gasteiger partial charge in [0, 0.05) is 6.54 Å². The zero-order valence-corrected chi connectivity index (χ0v) is 13.6. The van der Waals surface area contributed by atoms with Crippen LogP contribution in [0.5, 0.6) is 0 Å². The molecule has 1 aromatic heterocycles. The molecule has 0 aliphatic heterocycles. The van der Waals surface area contributed by atoms with E-state index in [-0.39, 0.29) is 11.9 Å². The summed E-state index contributed by atoms with van der Waals surface area (Å²) >= 11 is 2.87. The summed E-state index contributed by atoms with van der Waals surface area (Å²) in [7, 11) is 0. The molecule has 2 rings (SSSR count). The number of hydrogen-bond donors (Lipinski definition) is 2. The summed E-state index contributed by atoms with van der Waals surface area (Å²) in [5.41, 5.74) is 1.10. The van der Waals surface area contributed by atoms with Crippen LogP contribution in [0.25, 0.3) is 0 Å². The average molecular weight is 322 g/mol. The lowest BCUT2D eigenvalue weighted by molar-refractivity contribution is -0.119. The lowest BCUT2D eigenvalue weighted by Gasteiger charge is -2.13. The maximum Gasteiger partial charge on any atom is 0.230 e. The topological polar surface area (TPSA) is 66.9 Å². The number of hydrogen-bond acceptors (Lipinski definition) is 6. The van der Waals surface area contributed by atoms with Crippen molar-refractivity contribution in [2.45, 2.75) is 24.2 Å². The molecule has 1 heterocycles. The lowest BCUT2D eigenvalue weighted by Crippen LogP contribution is -2.28. The van der Waals surface area contributed by atoms with Crippen LogP contribution in [0.3, 0.4) is 0 Å². The van der Waals surface area contributed by atoms with Gasteiger partial charge < -0.3 is 10.6 Å². The van der Waals surface area contributed by atoms with Gasteiger partial charge in [-0.25, -0.2) is 0 Å². The molecule has 2 N–H and O–H groups in total. The molecule has 2 aromatic rings. The number of nitrogens with zero attached hydrogens (tertiary/aromatic N) is 2. The summed E-state index contributed by atoms with van der Waals surface area (Å²) in [4.78, 5) is 11.9. The van der Waals surface area contributed by atoms with Gasteiger partial charge in [-0.05, 0) is 19.4 Å². The third kappa shape index (κ3) is 5.02. The molecule has 1 amide bonds. The van der Waals surface area contributed by atoms with E-state index in [0.29, 0.717) is 5.75 Å². The summed E-state index contributed by atoms with van der Waals surface area (Å²) in [6.07, 6.45) is 0. The number of rotatable bonds is 7. The van der Waals surface area contributed by atoms with Crippen molar-refractivity contribution in [3.05, 3.63) is 35.9 Å². The number of aromatic nitrogens is 2. The molecule has 0 bridgehead atoms. The van der Waals surface area contributed by atoms with Crippen LogP contribution in [0, 0.1) is 0 Å². The first kappa shape index (κ1) is 15.8. The third-order valence-corrected chi connectivity index (χ3v) is 4.75. The molecular weight excluding hydrogens is 304 g/mol. The Morgan fingerprint density at radius 1 is 1.33 bits per heavy atom. The standard InChI is InChI=1S/C14H18N4OS2/c1-3-15-13-17-18-14(21-13)20-9-12(19)16-10(2)11-7-5-4-6-8-11/h4-8,10H,3,9H2,1-2H3,(H,15,17)(H,16,19). The van der Waals surface area contributed by atoms with Gasteiger partial charge in [0.15, 0.2) is 4.34 Å². The van der Waals surface area contributed by atoms with Crippen molar-refractivity contribution < 1.29 is 4.79 Å². The smallest absolute Gasteiger partial charge is 0.230 e. The SMILES string of the molecule is CCNc1nnc(SCC(=O)NC(C)c2ccccc2)s1. The quantitative estimate of drug-likeness (QED) is 0.767. The minimum Gasteiger partial charge on any atom is -0.360 e. The molecule has 5 nitrogen and oxygen atoms in total. The molecule has 1 aromatic carbocycles. The maximum absolute atomic E-state index is 11.9. The number of amides is 1. The summed E-state index contributed by atoms with van der Waals surface area (Å²) in [5.74, 6) is 0.342. The van der Waals surface area contributed by atoms with E-state index >= 15 is 0 Å². The van der Waals surface area contributed by atoms with Gasteiger partial charge in [-0.1, -0.05) is 53.4 Å². The van der Waals surface area contributed by atoms with E-state index in [1.165, 1.54) is 23.1 Å². The van der Waals surface area contributed by atoms with Crippen molar-refractivity contribution in [1.29, 1.82) is 0 Å². The van der Waals surface area contributed by atoms with Crippen LogP contribution in [0.1, 0.15) is 25.5 Å². The molecule has 0 fully saturated rings. The van der Waals surface area contributed by atoms with Gasteiger partial charge in [-0.3, -0.25) is 4.79 Å². The molecule has 0 saturated heterocycles. The van der Waals surface area contributed by atoms with Gasteiger partial charge in [0.2, 0.25) is 11.0 Å². The zero-order valence-electron chi connectivity index (χ0n) is 12.0. The first-order valence-corrected chi connectivity index (χ1v) is 8.53. The predicted octanol–water partition coefficient (Wildman–Crippen LogP) is 2.94. The van der Waals surface area contributed by atoms with E-state index < -0.39 is 0 Å². The number of carbonyl (C=O) groups excluding carboxylic acids is 1. The number of benzene rings is 1. The van der Waals surface area contributed by atoms with E-state index in [9.17, 15) is 4.79 Å². The Balaban J connectivity index is 1.79. The molecular formula is C14H18N4OS2. The molecule has 0 aliphatic rings. The first-order chi connectivity index (χ1) is 10.2. The first-order valence-electron chi connectivity index (χ1n) is 6.73. The number of nitrogens with one attached hydrogen (secondary N) is 2. The Labute approximate surface area is 132 Å². The van der Waals surface area contributed by atoms with Crippen molar-refractivity contribution in [2.24, 2.45) is 0 Å². The largest absolute Gasteiger partial charge is 0.360 e. The van der Waals surface area contributed by atoms with Crippen LogP contribution in [-0.2, 0) is 4.79 Å². The molecule has 112 valence electrons. The fourth-order valence-electron chi connectivity index (χ4n) is 1.73. The van der Waals surface area contributed by atoms with Gasteiger partial charge in [0.05, 0.1) is 11.8 Å². The highest BCUT2D eigenvalue weighted by Gasteiger charge is 2.11. The van der Waals surface area contributed by atoms with Crippen LogP contribution < -0.4 is 10.6 Å². The van der Waals surface area contributed by atoms with Crippen molar-refractivity contribution in [1.82, 2.24) is 15.5 Å². The van der Waals surface area contributed by atoms with E-state index in [2.05, 4.69) is 20.8 Å². The van der Waals surface area contributed by atoms with Gasteiger partial charge in [0.25, 0.3) is 0 Å². The fourth-order valence-corrected chi connectivity index (χ4v) is 3.36. The molecule has 21 heavy (non-hydrogen) atoms. The van der Waals surface area contributed by atoms with Crippen molar-refractivity contribution >= 4 is 34.1 Å². The Hall–Kier alpha value is -1.60. The Bertz CT molecular complexity index is 573. The van der Waals surface area contributed by atoms with Crippen molar-refractivity contribution in [3.8, 4) is 0 Å². The van der Waals surface area contributed by atoms with Gasteiger partial charge in [-0.15, -0.1) is 10.2 Å². The second-order valence-corrected chi connectivity index (χ2v) is 6.59. The highest BCUT2D eigenvalue weighted by Crippen LogP contribution is 2.25. The Morgan fingerprint density at radius 2 is 2.10 bits per heavy atom. The van der Waals surface area contributed by atoms with E-state index in [4.69, 9.17) is 0 Å². The minimum atomic E-state index is -0.00319. The number of carbonyl (C=O) groups is 1. The average Bonchev–Trinajstić information content (AvgIpc) is 2.94. The monoisotopic (exact) mass is 322 g/mol. The van der Waals surface area contributed by atoms with Crippen molar-refractivity contribution in [3.63, 3.8) is 0 Å². The molecule has 7 heteroatoms. The Morgan fingerprint density at radius 3 is 2.81 bits per heavy atom. The zero-order chi connectivity index (χ0) is 15.1. The highest BCUT2D eigenvalue weighted by atomic mass is 32.2. The van der Waals surface area contributed by atoms with Gasteiger partial charge >= 0.3 is 0 Å². The van der Waals surface area contributed by atoms with Crippen molar-refractivity contribution in [2.75, 3.05) is 17.6 Å². The molecule has 1 atom stereocenters. The lowest BCUT2D eigenvalue weighted by atomic mass is 10.1. The van der Waals surface area contributed by atoms with Crippen LogP contribution in [0.2, 0.25) is 0 Å². The molecule has 1 unspecified atom stereocenters. The van der Waals surface area contributed by atoms with Crippen LogP contribution in [-0.4, -0.2) is 28.4 Å². The fraction of sp³-hybridized carbons (Fsp3) is 0.357. The summed E-state index contributed by atoms with van der Waals surface area (Å²) in [6.45, 7) is 4.80. The highest BCUT2D eigenvalue weighted by molar-refractivity contribution is 8.01. The molecule has 0 radical (unpaired) electrons. The summed E-state index contributed by atoms with van der Waals surface area (Å²) < 4.78 is 0.800. The summed E-state index contributed by atoms with van der Waals surface area (Å²) in [6, 6.07) is 9.92. The van der Waals surface area contributed by atoms with E-state index in [0.717, 1.165) is 21.6 Å². The van der Waals surface area contributed by atoms with E-state index in [1.807, 2.05) is 44.2 Å².